The highest BCUT2D eigenvalue weighted by molar-refractivity contribution is 5.98. The standard InChI is InChI=1S/C14H18N2O2/c1-2-8-15-13(17)10-16-9-7-11-5-3-4-6-12(11)14(16)18/h3-6H,2,7-10H2,1H3,(H,15,17). The third kappa shape index (κ3) is 2.70. The molecule has 96 valence electrons. The Morgan fingerprint density at radius 3 is 2.94 bits per heavy atom. The molecule has 1 N–H and O–H groups in total. The van der Waals surface area contributed by atoms with Crippen LogP contribution in [0.5, 0.6) is 0 Å². The van der Waals surface area contributed by atoms with Crippen LogP contribution in [-0.2, 0) is 11.2 Å². The molecule has 0 saturated carbocycles. The molecule has 1 heterocycles. The Bertz CT molecular complexity index is 457. The summed E-state index contributed by atoms with van der Waals surface area (Å²) < 4.78 is 0. The molecule has 0 saturated heterocycles. The second-order valence-corrected chi connectivity index (χ2v) is 4.48. The number of nitrogens with one attached hydrogen (secondary N) is 1. The second-order valence-electron chi connectivity index (χ2n) is 4.48. The molecule has 4 nitrogen and oxygen atoms in total. The van der Waals surface area contributed by atoms with E-state index >= 15 is 0 Å². The van der Waals surface area contributed by atoms with Crippen LogP contribution < -0.4 is 5.32 Å². The lowest BCUT2D eigenvalue weighted by Gasteiger charge is -2.27. The van der Waals surface area contributed by atoms with Crippen LogP contribution in [0.15, 0.2) is 24.3 Å². The average Bonchev–Trinajstić information content (AvgIpc) is 2.40. The van der Waals surface area contributed by atoms with Gasteiger partial charge in [-0.3, -0.25) is 9.59 Å². The van der Waals surface area contributed by atoms with Crippen LogP contribution in [-0.4, -0.2) is 36.3 Å². The fourth-order valence-electron chi connectivity index (χ4n) is 2.12. The van der Waals surface area contributed by atoms with Crippen LogP contribution in [0, 0.1) is 0 Å². The SMILES string of the molecule is CCCNC(=O)CN1CCc2ccccc2C1=O. The van der Waals surface area contributed by atoms with Gasteiger partial charge in [0.1, 0.15) is 0 Å². The van der Waals surface area contributed by atoms with E-state index in [2.05, 4.69) is 5.32 Å². The lowest BCUT2D eigenvalue weighted by molar-refractivity contribution is -0.121. The van der Waals surface area contributed by atoms with Crippen LogP contribution >= 0.6 is 0 Å². The molecule has 1 aromatic carbocycles. The lowest BCUT2D eigenvalue weighted by atomic mass is 9.99. The fourth-order valence-corrected chi connectivity index (χ4v) is 2.12. The van der Waals surface area contributed by atoms with E-state index in [0.717, 1.165) is 24.0 Å². The summed E-state index contributed by atoms with van der Waals surface area (Å²) in [6.45, 7) is 3.45. The van der Waals surface area contributed by atoms with Gasteiger partial charge >= 0.3 is 0 Å². The topological polar surface area (TPSA) is 49.4 Å². The van der Waals surface area contributed by atoms with Crippen molar-refractivity contribution in [1.82, 2.24) is 10.2 Å². The Hall–Kier alpha value is -1.84. The second kappa shape index (κ2) is 5.67. The number of carbonyl (C=O) groups is 2. The molecule has 0 unspecified atom stereocenters. The van der Waals surface area contributed by atoms with Gasteiger partial charge in [0.05, 0.1) is 6.54 Å². The zero-order valence-corrected chi connectivity index (χ0v) is 10.6. The Morgan fingerprint density at radius 1 is 1.39 bits per heavy atom. The summed E-state index contributed by atoms with van der Waals surface area (Å²) in [4.78, 5) is 25.4. The number of benzene rings is 1. The fraction of sp³-hybridized carbons (Fsp3) is 0.429. The normalized spacial score (nSPS) is 14.3. The molecule has 0 bridgehead atoms. The molecular formula is C14H18N2O2. The first-order valence-electron chi connectivity index (χ1n) is 6.36. The van der Waals surface area contributed by atoms with E-state index in [9.17, 15) is 9.59 Å². The van der Waals surface area contributed by atoms with Crippen molar-refractivity contribution < 1.29 is 9.59 Å². The molecule has 1 aliphatic heterocycles. The molecule has 1 aromatic rings. The Labute approximate surface area is 107 Å². The highest BCUT2D eigenvalue weighted by Gasteiger charge is 2.24. The van der Waals surface area contributed by atoms with E-state index in [1.54, 1.807) is 4.90 Å². The maximum absolute atomic E-state index is 12.2. The minimum Gasteiger partial charge on any atom is -0.355 e. The van der Waals surface area contributed by atoms with Gasteiger partial charge in [0.25, 0.3) is 5.91 Å². The average molecular weight is 246 g/mol. The van der Waals surface area contributed by atoms with Gasteiger partial charge < -0.3 is 10.2 Å². The van der Waals surface area contributed by atoms with Gasteiger partial charge in [0.15, 0.2) is 0 Å². The van der Waals surface area contributed by atoms with Gasteiger partial charge in [-0.05, 0) is 24.5 Å². The third-order valence-electron chi connectivity index (χ3n) is 3.09. The summed E-state index contributed by atoms with van der Waals surface area (Å²) in [6, 6.07) is 7.60. The summed E-state index contributed by atoms with van der Waals surface area (Å²) in [5.74, 6) is -0.118. The Balaban J connectivity index is 2.01. The highest BCUT2D eigenvalue weighted by atomic mass is 16.2. The van der Waals surface area contributed by atoms with E-state index in [0.29, 0.717) is 13.1 Å². The lowest BCUT2D eigenvalue weighted by Crippen LogP contribution is -2.44. The van der Waals surface area contributed by atoms with Crippen LogP contribution in [0.3, 0.4) is 0 Å². The van der Waals surface area contributed by atoms with Crippen LogP contribution in [0.4, 0.5) is 0 Å². The minimum atomic E-state index is -0.0791. The maximum atomic E-state index is 12.2. The van der Waals surface area contributed by atoms with Gasteiger partial charge in [-0.25, -0.2) is 0 Å². The van der Waals surface area contributed by atoms with Crippen molar-refractivity contribution in [2.24, 2.45) is 0 Å². The van der Waals surface area contributed by atoms with Gasteiger partial charge in [-0.1, -0.05) is 25.1 Å². The van der Waals surface area contributed by atoms with Gasteiger partial charge in [0.2, 0.25) is 5.91 Å². The van der Waals surface area contributed by atoms with Gasteiger partial charge in [0, 0.05) is 18.7 Å². The molecule has 2 rings (SSSR count). The number of carbonyl (C=O) groups excluding carboxylic acids is 2. The van der Waals surface area contributed by atoms with Crippen LogP contribution in [0.1, 0.15) is 29.3 Å². The number of fused-ring (bicyclic) bond motifs is 1. The molecule has 2 amide bonds. The predicted molar refractivity (Wildman–Crippen MR) is 69.4 cm³/mol. The number of hydrogen-bond acceptors (Lipinski definition) is 2. The van der Waals surface area contributed by atoms with Crippen molar-refractivity contribution in [1.29, 1.82) is 0 Å². The molecular weight excluding hydrogens is 228 g/mol. The van der Waals surface area contributed by atoms with Crippen molar-refractivity contribution in [3.63, 3.8) is 0 Å². The molecule has 4 heteroatoms. The number of amides is 2. The molecule has 0 spiro atoms. The van der Waals surface area contributed by atoms with Gasteiger partial charge in [-0.15, -0.1) is 0 Å². The number of rotatable bonds is 4. The summed E-state index contributed by atoms with van der Waals surface area (Å²) in [5, 5.41) is 2.79. The van der Waals surface area contributed by atoms with Crippen molar-refractivity contribution in [3.05, 3.63) is 35.4 Å². The Morgan fingerprint density at radius 2 is 2.17 bits per heavy atom. The van der Waals surface area contributed by atoms with Crippen molar-refractivity contribution in [2.75, 3.05) is 19.6 Å². The van der Waals surface area contributed by atoms with Gasteiger partial charge in [-0.2, -0.15) is 0 Å². The zero-order chi connectivity index (χ0) is 13.0. The molecule has 0 aliphatic carbocycles. The third-order valence-corrected chi connectivity index (χ3v) is 3.09. The molecule has 0 radical (unpaired) electrons. The first-order chi connectivity index (χ1) is 8.72. The molecule has 0 fully saturated rings. The minimum absolute atomic E-state index is 0.0384. The van der Waals surface area contributed by atoms with E-state index in [1.165, 1.54) is 0 Å². The van der Waals surface area contributed by atoms with Crippen LogP contribution in [0.25, 0.3) is 0 Å². The molecule has 18 heavy (non-hydrogen) atoms. The smallest absolute Gasteiger partial charge is 0.254 e. The van der Waals surface area contributed by atoms with Crippen LogP contribution in [0.2, 0.25) is 0 Å². The molecule has 0 atom stereocenters. The van der Waals surface area contributed by atoms with E-state index in [4.69, 9.17) is 0 Å². The first-order valence-corrected chi connectivity index (χ1v) is 6.36. The largest absolute Gasteiger partial charge is 0.355 e. The van der Waals surface area contributed by atoms with E-state index < -0.39 is 0 Å². The number of hydrogen-bond donors (Lipinski definition) is 1. The molecule has 0 aromatic heterocycles. The first kappa shape index (κ1) is 12.6. The van der Waals surface area contributed by atoms with E-state index in [-0.39, 0.29) is 18.4 Å². The summed E-state index contributed by atoms with van der Waals surface area (Å²) in [7, 11) is 0. The maximum Gasteiger partial charge on any atom is 0.254 e. The van der Waals surface area contributed by atoms with Crippen molar-refractivity contribution >= 4 is 11.8 Å². The monoisotopic (exact) mass is 246 g/mol. The number of nitrogens with zero attached hydrogens (tertiary/aromatic N) is 1. The quantitative estimate of drug-likeness (QED) is 0.868. The molecule has 1 aliphatic rings. The van der Waals surface area contributed by atoms with E-state index in [1.807, 2.05) is 31.2 Å². The zero-order valence-electron chi connectivity index (χ0n) is 10.6. The summed E-state index contributed by atoms with van der Waals surface area (Å²) in [6.07, 6.45) is 1.73. The summed E-state index contributed by atoms with van der Waals surface area (Å²) in [5.41, 5.74) is 1.81. The highest BCUT2D eigenvalue weighted by Crippen LogP contribution is 2.18. The summed E-state index contributed by atoms with van der Waals surface area (Å²) >= 11 is 0. The van der Waals surface area contributed by atoms with Crippen molar-refractivity contribution in [3.8, 4) is 0 Å². The predicted octanol–water partition coefficient (Wildman–Crippen LogP) is 1.21. The van der Waals surface area contributed by atoms with Crippen molar-refractivity contribution in [2.45, 2.75) is 19.8 Å². The Kier molecular flexibility index (Phi) is 3.97.